The molecule has 1 unspecified atom stereocenters. The van der Waals surface area contributed by atoms with E-state index in [1.165, 1.54) is 0 Å². The van der Waals surface area contributed by atoms with Gasteiger partial charge in [0, 0.05) is 45.3 Å². The smallest absolute Gasteiger partial charge is 0.248 e. The van der Waals surface area contributed by atoms with Gasteiger partial charge in [-0.2, -0.15) is 0 Å². The van der Waals surface area contributed by atoms with Gasteiger partial charge in [-0.05, 0) is 12.5 Å². The molecule has 1 atom stereocenters. The predicted molar refractivity (Wildman–Crippen MR) is 82.5 cm³/mol. The van der Waals surface area contributed by atoms with Crippen LogP contribution in [0, 0.1) is 0 Å². The fraction of sp³-hybridized carbons (Fsp3) is 0.643. The summed E-state index contributed by atoms with van der Waals surface area (Å²) in [5.74, 6) is 1.79. The molecule has 114 valence electrons. The van der Waals surface area contributed by atoms with Crippen LogP contribution in [0.3, 0.4) is 0 Å². The maximum atomic E-state index is 11.6. The molecule has 7 heteroatoms. The topological polar surface area (TPSA) is 58.6 Å². The zero-order chi connectivity index (χ0) is 14.9. The number of anilines is 1. The molecule has 2 aliphatic heterocycles. The van der Waals surface area contributed by atoms with Gasteiger partial charge >= 0.3 is 0 Å². The Labute approximate surface area is 128 Å². The van der Waals surface area contributed by atoms with E-state index >= 15 is 0 Å². The maximum absolute atomic E-state index is 11.6. The van der Waals surface area contributed by atoms with Gasteiger partial charge in [-0.3, -0.25) is 4.79 Å². The molecular formula is C14H20N4O2S. The molecule has 0 radical (unpaired) electrons. The van der Waals surface area contributed by atoms with Crippen LogP contribution in [-0.2, 0) is 9.53 Å². The molecule has 1 aromatic heterocycles. The Kier molecular flexibility index (Phi) is 4.03. The molecule has 2 saturated heterocycles. The van der Waals surface area contributed by atoms with E-state index in [2.05, 4.69) is 14.9 Å². The van der Waals surface area contributed by atoms with Crippen molar-refractivity contribution in [2.24, 2.45) is 0 Å². The van der Waals surface area contributed by atoms with Gasteiger partial charge in [0.25, 0.3) is 0 Å². The number of amides is 1. The fourth-order valence-corrected chi connectivity index (χ4v) is 4.24. The Hall–Kier alpha value is -1.34. The normalized spacial score (nSPS) is 23.1. The Bertz CT molecular complexity index is 505. The molecule has 1 spiro atoms. The van der Waals surface area contributed by atoms with Crippen LogP contribution in [0.2, 0.25) is 0 Å². The first-order valence-corrected chi connectivity index (χ1v) is 8.04. The second-order valence-corrected chi connectivity index (χ2v) is 7.31. The molecule has 3 heterocycles. The lowest BCUT2D eigenvalue weighted by atomic mass is 9.93. The molecule has 1 aromatic rings. The molecular weight excluding hydrogens is 288 g/mol. The molecule has 0 aliphatic carbocycles. The Morgan fingerprint density at radius 2 is 2.19 bits per heavy atom. The number of hydrogen-bond acceptors (Lipinski definition) is 6. The molecule has 3 rings (SSSR count). The molecule has 0 N–H and O–H groups in total. The summed E-state index contributed by atoms with van der Waals surface area (Å²) in [5.41, 5.74) is 0. The number of carbonyl (C=O) groups excluding carboxylic acids is 1. The van der Waals surface area contributed by atoms with Crippen LogP contribution in [0.1, 0.15) is 6.42 Å². The van der Waals surface area contributed by atoms with E-state index in [0.29, 0.717) is 0 Å². The van der Waals surface area contributed by atoms with Gasteiger partial charge < -0.3 is 14.5 Å². The van der Waals surface area contributed by atoms with Gasteiger partial charge in [0.1, 0.15) is 6.61 Å². The highest BCUT2D eigenvalue weighted by Gasteiger charge is 2.50. The number of carbonyl (C=O) groups is 1. The summed E-state index contributed by atoms with van der Waals surface area (Å²) in [4.78, 5) is 23.9. The summed E-state index contributed by atoms with van der Waals surface area (Å²) in [5, 5.41) is 0. The van der Waals surface area contributed by atoms with E-state index < -0.39 is 0 Å². The van der Waals surface area contributed by atoms with E-state index in [0.717, 1.165) is 31.2 Å². The fourth-order valence-electron chi connectivity index (χ4n) is 2.69. The van der Waals surface area contributed by atoms with Crippen molar-refractivity contribution in [1.82, 2.24) is 14.9 Å². The third-order valence-electron chi connectivity index (χ3n) is 3.91. The Balaban J connectivity index is 1.47. The molecule has 1 amide bonds. The first-order valence-electron chi connectivity index (χ1n) is 7.06. The van der Waals surface area contributed by atoms with Crippen molar-refractivity contribution in [2.75, 3.05) is 44.4 Å². The third-order valence-corrected chi connectivity index (χ3v) is 5.49. The predicted octanol–water partition coefficient (Wildman–Crippen LogP) is 0.646. The summed E-state index contributed by atoms with van der Waals surface area (Å²) >= 11 is 1.95. The lowest BCUT2D eigenvalue weighted by molar-refractivity contribution is -0.135. The van der Waals surface area contributed by atoms with Gasteiger partial charge in [-0.15, -0.1) is 11.8 Å². The summed E-state index contributed by atoms with van der Waals surface area (Å²) in [6.07, 6.45) is 4.72. The highest BCUT2D eigenvalue weighted by atomic mass is 32.2. The van der Waals surface area contributed by atoms with Gasteiger partial charge in [-0.25, -0.2) is 9.97 Å². The van der Waals surface area contributed by atoms with Crippen LogP contribution in [0.5, 0.6) is 0 Å². The first-order chi connectivity index (χ1) is 10.1. The molecule has 6 nitrogen and oxygen atoms in total. The van der Waals surface area contributed by atoms with Crippen LogP contribution in [0.25, 0.3) is 0 Å². The number of likely N-dealkylation sites (N-methyl/N-ethyl adjacent to an activating group) is 1. The number of hydrogen-bond donors (Lipinski definition) is 0. The van der Waals surface area contributed by atoms with E-state index in [1.54, 1.807) is 31.4 Å². The second-order valence-electron chi connectivity index (χ2n) is 5.82. The number of rotatable bonds is 4. The largest absolute Gasteiger partial charge is 0.367 e. The first kappa shape index (κ1) is 14.6. The van der Waals surface area contributed by atoms with Crippen LogP contribution < -0.4 is 4.90 Å². The Morgan fingerprint density at radius 1 is 1.48 bits per heavy atom. The zero-order valence-electron chi connectivity index (χ0n) is 12.4. The lowest BCUT2D eigenvalue weighted by Crippen LogP contribution is -2.59. The van der Waals surface area contributed by atoms with Crippen molar-refractivity contribution in [3.8, 4) is 0 Å². The summed E-state index contributed by atoms with van der Waals surface area (Å²) < 4.78 is 5.99. The summed E-state index contributed by atoms with van der Waals surface area (Å²) in [6, 6.07) is 1.83. The molecule has 0 saturated carbocycles. The van der Waals surface area contributed by atoms with E-state index in [1.807, 2.05) is 17.8 Å². The number of nitrogens with zero attached hydrogens (tertiary/aromatic N) is 4. The number of ether oxygens (including phenoxy) is 1. The van der Waals surface area contributed by atoms with Gasteiger partial charge in [0.2, 0.25) is 11.9 Å². The standard InChI is InChI=1S/C14H20N4O2S/c1-17(2)12(19)7-20-11-6-14(21-8-11)9-18(10-14)13-15-4-3-5-16-13/h3-5,11H,6-10H2,1-2H3. The van der Waals surface area contributed by atoms with Crippen molar-refractivity contribution in [3.05, 3.63) is 18.5 Å². The maximum Gasteiger partial charge on any atom is 0.248 e. The number of aromatic nitrogens is 2. The van der Waals surface area contributed by atoms with E-state index in [-0.39, 0.29) is 23.4 Å². The Morgan fingerprint density at radius 3 is 2.86 bits per heavy atom. The monoisotopic (exact) mass is 308 g/mol. The van der Waals surface area contributed by atoms with Crippen molar-refractivity contribution in [2.45, 2.75) is 17.3 Å². The van der Waals surface area contributed by atoms with E-state index in [9.17, 15) is 4.79 Å². The number of thioether (sulfide) groups is 1. The SMILES string of the molecule is CN(C)C(=O)COC1CSC2(C1)CN(c1ncccn1)C2. The highest BCUT2D eigenvalue weighted by Crippen LogP contribution is 2.46. The van der Waals surface area contributed by atoms with Gasteiger partial charge in [0.15, 0.2) is 0 Å². The van der Waals surface area contributed by atoms with Crippen LogP contribution in [-0.4, -0.2) is 71.2 Å². The molecule has 0 bridgehead atoms. The molecule has 2 aliphatic rings. The average Bonchev–Trinajstić information content (AvgIpc) is 2.88. The minimum Gasteiger partial charge on any atom is -0.367 e. The van der Waals surface area contributed by atoms with Crippen LogP contribution in [0.4, 0.5) is 5.95 Å². The molecule has 21 heavy (non-hydrogen) atoms. The van der Waals surface area contributed by atoms with Crippen LogP contribution >= 0.6 is 11.8 Å². The molecule has 0 aromatic carbocycles. The minimum absolute atomic E-state index is 0.0221. The second kappa shape index (κ2) is 5.81. The van der Waals surface area contributed by atoms with Crippen molar-refractivity contribution >= 4 is 23.6 Å². The van der Waals surface area contributed by atoms with Crippen molar-refractivity contribution < 1.29 is 9.53 Å². The zero-order valence-corrected chi connectivity index (χ0v) is 13.2. The van der Waals surface area contributed by atoms with Gasteiger partial charge in [0.05, 0.1) is 10.9 Å². The summed E-state index contributed by atoms with van der Waals surface area (Å²) in [7, 11) is 3.50. The highest BCUT2D eigenvalue weighted by molar-refractivity contribution is 8.01. The van der Waals surface area contributed by atoms with Crippen LogP contribution in [0.15, 0.2) is 18.5 Å². The lowest BCUT2D eigenvalue weighted by Gasteiger charge is -2.47. The quantitative estimate of drug-likeness (QED) is 0.814. The van der Waals surface area contributed by atoms with Gasteiger partial charge in [-0.1, -0.05) is 0 Å². The summed E-state index contributed by atoms with van der Waals surface area (Å²) in [6.45, 7) is 2.10. The minimum atomic E-state index is 0.0221. The van der Waals surface area contributed by atoms with E-state index in [4.69, 9.17) is 4.74 Å². The third kappa shape index (κ3) is 3.13. The molecule has 2 fully saturated rings. The van der Waals surface area contributed by atoms with Crippen molar-refractivity contribution in [1.29, 1.82) is 0 Å². The van der Waals surface area contributed by atoms with Crippen molar-refractivity contribution in [3.63, 3.8) is 0 Å². The average molecular weight is 308 g/mol.